The molecule has 0 radical (unpaired) electrons. The molecule has 1 aliphatic carbocycles. The number of nitrogens with zero attached hydrogens (tertiary/aromatic N) is 2. The predicted molar refractivity (Wildman–Crippen MR) is 77.1 cm³/mol. The average Bonchev–Trinajstić information content (AvgIpc) is 3.17. The number of hydrogen-bond donors (Lipinski definition) is 1. The van der Waals surface area contributed by atoms with Crippen molar-refractivity contribution in [3.8, 4) is 0 Å². The highest BCUT2D eigenvalue weighted by Gasteiger charge is 2.74. The molecule has 8 heteroatoms. The van der Waals surface area contributed by atoms with Crippen molar-refractivity contribution in [1.29, 1.82) is 0 Å². The fourth-order valence-electron chi connectivity index (χ4n) is 3.99. The summed E-state index contributed by atoms with van der Waals surface area (Å²) in [4.78, 5) is 27.5. The first-order valence-electron chi connectivity index (χ1n) is 6.93. The van der Waals surface area contributed by atoms with Gasteiger partial charge in [0.2, 0.25) is 0 Å². The van der Waals surface area contributed by atoms with Gasteiger partial charge in [-0.25, -0.2) is 0 Å². The maximum Gasteiger partial charge on any atom is 0.261 e. The lowest BCUT2D eigenvalue weighted by atomic mass is 9.92. The van der Waals surface area contributed by atoms with Crippen LogP contribution in [-0.2, 0) is 14.3 Å². The van der Waals surface area contributed by atoms with Crippen LogP contribution in [0.1, 0.15) is 13.3 Å². The molecular formula is C13H14N2O4S2. The van der Waals surface area contributed by atoms with Gasteiger partial charge in [0.15, 0.2) is 9.74 Å². The number of carbonyl (C=O) groups excluding carboxylic acids is 2. The smallest absolute Gasteiger partial charge is 0.261 e. The summed E-state index contributed by atoms with van der Waals surface area (Å²) in [5.74, 6) is -0.0391. The molecule has 0 saturated carbocycles. The zero-order chi connectivity index (χ0) is 14.7. The summed E-state index contributed by atoms with van der Waals surface area (Å²) >= 11 is 0. The maximum absolute atomic E-state index is 13.0. The van der Waals surface area contributed by atoms with E-state index in [0.717, 1.165) is 5.57 Å². The summed E-state index contributed by atoms with van der Waals surface area (Å²) in [6, 6.07) is -0.184. The Morgan fingerprint density at radius 1 is 1.33 bits per heavy atom. The molecule has 5 aliphatic heterocycles. The van der Waals surface area contributed by atoms with Crippen LogP contribution in [0.4, 0.5) is 0 Å². The number of amides is 2. The van der Waals surface area contributed by atoms with E-state index in [2.05, 4.69) is 0 Å². The van der Waals surface area contributed by atoms with Crippen molar-refractivity contribution >= 4 is 33.4 Å². The van der Waals surface area contributed by atoms with Gasteiger partial charge in [0, 0.05) is 13.5 Å². The number of piperazine rings is 1. The van der Waals surface area contributed by atoms with Crippen molar-refractivity contribution in [3.63, 3.8) is 0 Å². The van der Waals surface area contributed by atoms with Crippen LogP contribution in [0, 0.1) is 0 Å². The van der Waals surface area contributed by atoms with E-state index in [1.807, 2.05) is 0 Å². The summed E-state index contributed by atoms with van der Waals surface area (Å²) in [6.45, 7) is 1.80. The first-order valence-corrected chi connectivity index (χ1v) is 9.08. The minimum absolute atomic E-state index is 0.0182. The van der Waals surface area contributed by atoms with E-state index in [1.54, 1.807) is 29.8 Å². The molecule has 6 nitrogen and oxygen atoms in total. The summed E-state index contributed by atoms with van der Waals surface area (Å²) in [5.41, 5.74) is 0.968. The number of likely N-dealkylation sites (N-methyl/N-ethyl adjacent to an activating group) is 1. The quantitative estimate of drug-likeness (QED) is 0.382. The van der Waals surface area contributed by atoms with Crippen molar-refractivity contribution in [2.45, 2.75) is 47.4 Å². The van der Waals surface area contributed by atoms with Crippen LogP contribution in [0.2, 0.25) is 0 Å². The molecule has 4 unspecified atom stereocenters. The molecule has 0 aromatic carbocycles. The highest BCUT2D eigenvalue weighted by molar-refractivity contribution is 8.78. The van der Waals surface area contributed by atoms with E-state index in [1.165, 1.54) is 21.6 Å². The molecule has 6 atom stereocenters. The highest BCUT2D eigenvalue weighted by Crippen LogP contribution is 2.65. The minimum atomic E-state index is -0.856. The van der Waals surface area contributed by atoms with Gasteiger partial charge in [-0.2, -0.15) is 0 Å². The number of epoxide rings is 1. The topological polar surface area (TPSA) is 73.4 Å². The fraction of sp³-hybridized carbons (Fsp3) is 0.692. The Hall–Kier alpha value is -0.700. The third-order valence-electron chi connectivity index (χ3n) is 5.32. The Balaban J connectivity index is 1.70. The Labute approximate surface area is 129 Å². The Morgan fingerprint density at radius 2 is 2.10 bits per heavy atom. The van der Waals surface area contributed by atoms with Gasteiger partial charge < -0.3 is 19.6 Å². The third-order valence-corrected chi connectivity index (χ3v) is 9.02. The minimum Gasteiger partial charge on any atom is -0.386 e. The molecule has 5 saturated heterocycles. The van der Waals surface area contributed by atoms with Crippen LogP contribution < -0.4 is 0 Å². The van der Waals surface area contributed by atoms with Gasteiger partial charge in [-0.3, -0.25) is 9.59 Å². The van der Waals surface area contributed by atoms with Gasteiger partial charge in [-0.05, 0) is 12.5 Å². The molecule has 5 fully saturated rings. The Bertz CT molecular complexity index is 640. The van der Waals surface area contributed by atoms with Gasteiger partial charge in [-0.1, -0.05) is 27.7 Å². The summed E-state index contributed by atoms with van der Waals surface area (Å²) in [6.07, 6.45) is 1.28. The van der Waals surface area contributed by atoms with E-state index in [0.29, 0.717) is 6.42 Å². The normalized spacial score (nSPS) is 53.4. The zero-order valence-electron chi connectivity index (χ0n) is 11.5. The van der Waals surface area contributed by atoms with Crippen LogP contribution in [0.5, 0.6) is 0 Å². The predicted octanol–water partition coefficient (Wildman–Crippen LogP) is -0.0649. The standard InChI is InChI=1S/C13H14N2O4S2/c1-12-10(17)15-7-5(3-6(16)8-9(7)19-8)4-13(15,21-20-12)11(18)14(12)2/h3,6-9,16H,4H2,1-2H3/t6?,7?,8?,9?,12-,13-/m0/s1. The molecule has 1 spiro atoms. The van der Waals surface area contributed by atoms with Crippen molar-refractivity contribution in [1.82, 2.24) is 9.80 Å². The van der Waals surface area contributed by atoms with Crippen LogP contribution in [0.15, 0.2) is 11.6 Å². The molecule has 112 valence electrons. The summed E-state index contributed by atoms with van der Waals surface area (Å²) in [5, 5.41) is 9.99. The molecule has 0 aromatic heterocycles. The number of rotatable bonds is 0. The lowest BCUT2D eigenvalue weighted by Gasteiger charge is -2.57. The average molecular weight is 326 g/mol. The Morgan fingerprint density at radius 3 is 2.86 bits per heavy atom. The molecule has 1 N–H and O–H groups in total. The monoisotopic (exact) mass is 326 g/mol. The molecular weight excluding hydrogens is 312 g/mol. The number of fused-ring (bicyclic) bond motifs is 5. The molecule has 2 bridgehead atoms. The molecule has 21 heavy (non-hydrogen) atoms. The second-order valence-corrected chi connectivity index (χ2v) is 9.20. The lowest BCUT2D eigenvalue weighted by Crippen LogP contribution is -2.75. The number of ether oxygens (including phenoxy) is 1. The van der Waals surface area contributed by atoms with Crippen LogP contribution in [0.25, 0.3) is 0 Å². The summed E-state index contributed by atoms with van der Waals surface area (Å²) in [7, 11) is 4.65. The van der Waals surface area contributed by atoms with Gasteiger partial charge in [0.25, 0.3) is 11.8 Å². The number of hydrogen-bond acceptors (Lipinski definition) is 6. The SMILES string of the molecule is CN1C(=O)[C@@]23CC4=CC(O)C5OC5C4N2C(=O)[C@]1(C)SS3. The molecule has 6 aliphatic rings. The van der Waals surface area contributed by atoms with Crippen LogP contribution >= 0.6 is 21.6 Å². The van der Waals surface area contributed by atoms with Crippen molar-refractivity contribution < 1.29 is 19.4 Å². The van der Waals surface area contributed by atoms with Gasteiger partial charge in [-0.15, -0.1) is 0 Å². The van der Waals surface area contributed by atoms with Gasteiger partial charge in [0.05, 0.1) is 6.04 Å². The van der Waals surface area contributed by atoms with E-state index < -0.39 is 15.8 Å². The second-order valence-electron chi connectivity index (χ2n) is 6.39. The van der Waals surface area contributed by atoms with E-state index in [9.17, 15) is 14.7 Å². The van der Waals surface area contributed by atoms with E-state index in [-0.39, 0.29) is 30.1 Å². The third kappa shape index (κ3) is 1.20. The fourth-order valence-corrected chi connectivity index (χ4v) is 7.45. The van der Waals surface area contributed by atoms with Crippen molar-refractivity contribution in [3.05, 3.63) is 11.6 Å². The maximum atomic E-state index is 13.0. The van der Waals surface area contributed by atoms with Crippen LogP contribution in [-0.4, -0.2) is 67.9 Å². The van der Waals surface area contributed by atoms with E-state index in [4.69, 9.17) is 4.74 Å². The number of aliphatic hydroxyl groups is 1. The number of aliphatic hydroxyl groups excluding tert-OH is 1. The molecule has 2 amide bonds. The van der Waals surface area contributed by atoms with Gasteiger partial charge in [0.1, 0.15) is 18.3 Å². The van der Waals surface area contributed by atoms with Gasteiger partial charge >= 0.3 is 0 Å². The lowest BCUT2D eigenvalue weighted by molar-refractivity contribution is -0.164. The summed E-state index contributed by atoms with van der Waals surface area (Å²) < 4.78 is 5.56. The van der Waals surface area contributed by atoms with E-state index >= 15 is 0 Å². The van der Waals surface area contributed by atoms with Crippen molar-refractivity contribution in [2.75, 3.05) is 7.05 Å². The zero-order valence-corrected chi connectivity index (χ0v) is 13.1. The second kappa shape index (κ2) is 3.45. The first-order chi connectivity index (χ1) is 9.90. The first kappa shape index (κ1) is 12.8. The van der Waals surface area contributed by atoms with Crippen LogP contribution in [0.3, 0.4) is 0 Å². The largest absolute Gasteiger partial charge is 0.386 e. The Kier molecular flexibility index (Phi) is 2.10. The molecule has 0 aromatic rings. The highest BCUT2D eigenvalue weighted by atomic mass is 33.1. The number of carbonyl (C=O) groups is 2. The van der Waals surface area contributed by atoms with Crippen molar-refractivity contribution in [2.24, 2.45) is 0 Å². The molecule has 6 rings (SSSR count). The molecule has 5 heterocycles.